The third-order valence-electron chi connectivity index (χ3n) is 4.66. The van der Waals surface area contributed by atoms with Crippen LogP contribution in [-0.2, 0) is 29.2 Å². The van der Waals surface area contributed by atoms with Gasteiger partial charge in [0.25, 0.3) is 5.91 Å². The minimum atomic E-state index is -0.303. The molecule has 3 rings (SSSR count). The van der Waals surface area contributed by atoms with Gasteiger partial charge in [0.05, 0.1) is 6.61 Å². The molecule has 0 aliphatic carbocycles. The summed E-state index contributed by atoms with van der Waals surface area (Å²) in [7, 11) is 0. The maximum Gasteiger partial charge on any atom is 0.274 e. The van der Waals surface area contributed by atoms with Crippen LogP contribution in [-0.4, -0.2) is 11.8 Å². The molecule has 0 aliphatic heterocycles. The molecule has 3 aromatic carbocycles. The maximum absolute atomic E-state index is 12.1. The van der Waals surface area contributed by atoms with Crippen LogP contribution in [0.3, 0.4) is 0 Å². The maximum atomic E-state index is 12.1. The Morgan fingerprint density at radius 1 is 0.733 bits per heavy atom. The van der Waals surface area contributed by atoms with Crippen LogP contribution < -0.4 is 10.8 Å². The predicted octanol–water partition coefficient (Wildman–Crippen LogP) is 4.19. The van der Waals surface area contributed by atoms with Crippen LogP contribution >= 0.6 is 0 Å². The van der Waals surface area contributed by atoms with Crippen molar-refractivity contribution < 1.29 is 14.4 Å². The SMILES string of the molecule is O=C(CCCc1ccccc1)NCc1ccc(C(=O)NOCc2ccccc2)cc1. The average molecular weight is 402 g/mol. The summed E-state index contributed by atoms with van der Waals surface area (Å²) in [6.45, 7) is 0.748. The Bertz CT molecular complexity index is 926. The Morgan fingerprint density at radius 2 is 1.37 bits per heavy atom. The van der Waals surface area contributed by atoms with Crippen molar-refractivity contribution in [2.75, 3.05) is 0 Å². The van der Waals surface area contributed by atoms with Gasteiger partial charge in [0.1, 0.15) is 0 Å². The van der Waals surface area contributed by atoms with E-state index >= 15 is 0 Å². The number of aryl methyl sites for hydroxylation is 1. The molecule has 2 amide bonds. The lowest BCUT2D eigenvalue weighted by molar-refractivity contribution is -0.121. The van der Waals surface area contributed by atoms with Crippen LogP contribution in [0.25, 0.3) is 0 Å². The summed E-state index contributed by atoms with van der Waals surface area (Å²) in [6, 6.07) is 26.9. The van der Waals surface area contributed by atoms with Crippen molar-refractivity contribution in [3.8, 4) is 0 Å². The third-order valence-corrected chi connectivity index (χ3v) is 4.66. The standard InChI is InChI=1S/C25H26N2O3/c28-24(13-7-12-20-8-3-1-4-9-20)26-18-21-14-16-23(17-15-21)25(29)27-30-19-22-10-5-2-6-11-22/h1-6,8-11,14-17H,7,12-13,18-19H2,(H,26,28)(H,27,29). The summed E-state index contributed by atoms with van der Waals surface area (Å²) in [4.78, 5) is 29.4. The van der Waals surface area contributed by atoms with Gasteiger partial charge in [-0.2, -0.15) is 0 Å². The quantitative estimate of drug-likeness (QED) is 0.500. The molecule has 0 fully saturated rings. The number of hydrogen-bond acceptors (Lipinski definition) is 3. The molecule has 30 heavy (non-hydrogen) atoms. The summed E-state index contributed by atoms with van der Waals surface area (Å²) < 4.78 is 0. The van der Waals surface area contributed by atoms with E-state index in [1.165, 1.54) is 5.56 Å². The molecule has 154 valence electrons. The zero-order chi connectivity index (χ0) is 21.0. The van der Waals surface area contributed by atoms with Crippen molar-refractivity contribution >= 4 is 11.8 Å². The first kappa shape index (κ1) is 21.3. The molecule has 2 N–H and O–H groups in total. The van der Waals surface area contributed by atoms with Crippen LogP contribution in [0.1, 0.15) is 39.9 Å². The minimum Gasteiger partial charge on any atom is -0.352 e. The second kappa shape index (κ2) is 11.5. The average Bonchev–Trinajstić information content (AvgIpc) is 2.79. The van der Waals surface area contributed by atoms with Gasteiger partial charge in [-0.3, -0.25) is 14.4 Å². The summed E-state index contributed by atoms with van der Waals surface area (Å²) in [5.41, 5.74) is 6.11. The molecule has 5 nitrogen and oxygen atoms in total. The summed E-state index contributed by atoms with van der Waals surface area (Å²) in [5.74, 6) is -0.274. The fourth-order valence-electron chi connectivity index (χ4n) is 2.98. The second-order valence-electron chi connectivity index (χ2n) is 7.02. The van der Waals surface area contributed by atoms with E-state index in [4.69, 9.17) is 4.84 Å². The molecule has 0 unspecified atom stereocenters. The van der Waals surface area contributed by atoms with E-state index < -0.39 is 0 Å². The molecule has 0 spiro atoms. The molecule has 3 aromatic rings. The number of rotatable bonds is 10. The van der Waals surface area contributed by atoms with E-state index in [0.717, 1.165) is 24.0 Å². The van der Waals surface area contributed by atoms with Crippen molar-refractivity contribution in [3.05, 3.63) is 107 Å². The van der Waals surface area contributed by atoms with E-state index in [2.05, 4.69) is 22.9 Å². The van der Waals surface area contributed by atoms with Gasteiger partial charge in [-0.25, -0.2) is 5.48 Å². The largest absolute Gasteiger partial charge is 0.352 e. The van der Waals surface area contributed by atoms with Gasteiger partial charge in [0.15, 0.2) is 0 Å². The van der Waals surface area contributed by atoms with Gasteiger partial charge in [-0.15, -0.1) is 0 Å². The zero-order valence-electron chi connectivity index (χ0n) is 16.8. The number of hydroxylamine groups is 1. The van der Waals surface area contributed by atoms with Crippen LogP contribution in [0.2, 0.25) is 0 Å². The smallest absolute Gasteiger partial charge is 0.274 e. The first-order chi connectivity index (χ1) is 14.7. The zero-order valence-corrected chi connectivity index (χ0v) is 16.8. The van der Waals surface area contributed by atoms with E-state index in [-0.39, 0.29) is 11.8 Å². The van der Waals surface area contributed by atoms with E-state index in [0.29, 0.717) is 25.1 Å². The van der Waals surface area contributed by atoms with Crippen molar-refractivity contribution in [1.82, 2.24) is 10.8 Å². The van der Waals surface area contributed by atoms with Crippen molar-refractivity contribution in [2.24, 2.45) is 0 Å². The predicted molar refractivity (Wildman–Crippen MR) is 116 cm³/mol. The van der Waals surface area contributed by atoms with E-state index in [1.54, 1.807) is 12.1 Å². The van der Waals surface area contributed by atoms with Gasteiger partial charge in [-0.1, -0.05) is 72.8 Å². The van der Waals surface area contributed by atoms with Gasteiger partial charge < -0.3 is 5.32 Å². The first-order valence-corrected chi connectivity index (χ1v) is 10.1. The molecular formula is C25H26N2O3. The highest BCUT2D eigenvalue weighted by Crippen LogP contribution is 2.07. The summed E-state index contributed by atoms with van der Waals surface area (Å²) >= 11 is 0. The molecule has 0 aromatic heterocycles. The number of carbonyl (C=O) groups excluding carboxylic acids is 2. The fraction of sp³-hybridized carbons (Fsp3) is 0.200. The topological polar surface area (TPSA) is 67.4 Å². The van der Waals surface area contributed by atoms with Gasteiger partial charge >= 0.3 is 0 Å². The lowest BCUT2D eigenvalue weighted by Crippen LogP contribution is -2.24. The Labute approximate surface area is 177 Å². The highest BCUT2D eigenvalue weighted by atomic mass is 16.6. The van der Waals surface area contributed by atoms with Gasteiger partial charge in [0.2, 0.25) is 5.91 Å². The molecule has 0 atom stereocenters. The molecule has 0 heterocycles. The molecule has 0 aliphatic rings. The highest BCUT2D eigenvalue weighted by Gasteiger charge is 2.06. The fourth-order valence-corrected chi connectivity index (χ4v) is 2.98. The van der Waals surface area contributed by atoms with Crippen molar-refractivity contribution in [2.45, 2.75) is 32.4 Å². The minimum absolute atomic E-state index is 0.0297. The van der Waals surface area contributed by atoms with Crippen molar-refractivity contribution in [1.29, 1.82) is 0 Å². The van der Waals surface area contributed by atoms with Gasteiger partial charge in [-0.05, 0) is 41.7 Å². The molecule has 0 radical (unpaired) electrons. The highest BCUT2D eigenvalue weighted by molar-refractivity contribution is 5.93. The molecule has 0 saturated heterocycles. The number of benzene rings is 3. The lowest BCUT2D eigenvalue weighted by Gasteiger charge is -2.08. The number of carbonyl (C=O) groups is 2. The summed E-state index contributed by atoms with van der Waals surface area (Å²) in [6.07, 6.45) is 2.20. The Morgan fingerprint density at radius 3 is 2.03 bits per heavy atom. The normalized spacial score (nSPS) is 10.4. The number of hydrogen-bond donors (Lipinski definition) is 2. The lowest BCUT2D eigenvalue weighted by atomic mass is 10.1. The Kier molecular flexibility index (Phi) is 8.18. The van der Waals surface area contributed by atoms with Crippen LogP contribution in [0.4, 0.5) is 0 Å². The van der Waals surface area contributed by atoms with Gasteiger partial charge in [0, 0.05) is 18.5 Å². The Hall–Kier alpha value is -3.44. The summed E-state index contributed by atoms with van der Waals surface area (Å²) in [5, 5.41) is 2.92. The van der Waals surface area contributed by atoms with E-state index in [9.17, 15) is 9.59 Å². The van der Waals surface area contributed by atoms with E-state index in [1.807, 2.05) is 60.7 Å². The molecule has 5 heteroatoms. The second-order valence-corrected chi connectivity index (χ2v) is 7.02. The Balaban J connectivity index is 1.35. The molecular weight excluding hydrogens is 376 g/mol. The number of amides is 2. The number of nitrogens with one attached hydrogen (secondary N) is 2. The monoisotopic (exact) mass is 402 g/mol. The molecule has 0 saturated carbocycles. The third kappa shape index (κ3) is 7.18. The van der Waals surface area contributed by atoms with Crippen LogP contribution in [0.5, 0.6) is 0 Å². The first-order valence-electron chi connectivity index (χ1n) is 10.1. The van der Waals surface area contributed by atoms with Crippen molar-refractivity contribution in [3.63, 3.8) is 0 Å². The molecule has 0 bridgehead atoms. The van der Waals surface area contributed by atoms with Crippen LogP contribution in [0.15, 0.2) is 84.9 Å². The van der Waals surface area contributed by atoms with Crippen LogP contribution in [0, 0.1) is 0 Å².